The second kappa shape index (κ2) is 9.19. The first kappa shape index (κ1) is 23.9. The van der Waals surface area contributed by atoms with Gasteiger partial charge in [-0.2, -0.15) is 0 Å². The zero-order valence-corrected chi connectivity index (χ0v) is 20.5. The number of fused-ring (bicyclic) bond motifs is 2. The van der Waals surface area contributed by atoms with Gasteiger partial charge in [-0.25, -0.2) is 0 Å². The van der Waals surface area contributed by atoms with E-state index in [0.29, 0.717) is 50.5 Å². The van der Waals surface area contributed by atoms with Crippen LogP contribution >= 0.6 is 0 Å². The summed E-state index contributed by atoms with van der Waals surface area (Å²) in [7, 11) is 0. The molecule has 0 aromatic rings. The fourth-order valence-corrected chi connectivity index (χ4v) is 5.77. The molecule has 0 bridgehead atoms. The first-order valence-corrected chi connectivity index (χ1v) is 12.8. The lowest BCUT2D eigenvalue weighted by Gasteiger charge is -2.46. The maximum atomic E-state index is 6.17. The molecule has 4 saturated heterocycles. The molecule has 2 saturated carbocycles. The molecular formula is C25H44O6. The van der Waals surface area contributed by atoms with Crippen LogP contribution in [0.2, 0.25) is 0 Å². The predicted molar refractivity (Wildman–Crippen MR) is 118 cm³/mol. The van der Waals surface area contributed by atoms with Crippen LogP contribution in [0.5, 0.6) is 0 Å². The van der Waals surface area contributed by atoms with E-state index < -0.39 is 0 Å². The van der Waals surface area contributed by atoms with Gasteiger partial charge in [0, 0.05) is 11.8 Å². The summed E-state index contributed by atoms with van der Waals surface area (Å²) in [5, 5.41) is 0. The molecule has 6 nitrogen and oxygen atoms in total. The van der Waals surface area contributed by atoms with E-state index in [9.17, 15) is 0 Å². The van der Waals surface area contributed by atoms with Gasteiger partial charge in [0.15, 0.2) is 12.6 Å². The van der Waals surface area contributed by atoms with Crippen molar-refractivity contribution in [3.8, 4) is 0 Å². The van der Waals surface area contributed by atoms with E-state index in [1.54, 1.807) is 0 Å². The molecule has 4 aliphatic heterocycles. The Kier molecular flexibility index (Phi) is 7.08. The van der Waals surface area contributed by atoms with Gasteiger partial charge in [-0.15, -0.1) is 0 Å². The summed E-state index contributed by atoms with van der Waals surface area (Å²) in [6, 6.07) is 0. The van der Waals surface area contributed by atoms with Crippen molar-refractivity contribution >= 4 is 0 Å². The number of hydrogen-bond acceptors (Lipinski definition) is 6. The molecule has 2 aliphatic carbocycles. The predicted octanol–water partition coefficient (Wildman–Crippen LogP) is 4.69. The summed E-state index contributed by atoms with van der Waals surface area (Å²) < 4.78 is 36.3. The van der Waals surface area contributed by atoms with E-state index in [2.05, 4.69) is 13.8 Å². The molecule has 6 rings (SSSR count). The van der Waals surface area contributed by atoms with Gasteiger partial charge in [-0.05, 0) is 52.4 Å². The minimum absolute atomic E-state index is 0.0925. The molecule has 0 N–H and O–H groups in total. The number of rotatable bonds is 2. The van der Waals surface area contributed by atoms with Crippen LogP contribution < -0.4 is 0 Å². The van der Waals surface area contributed by atoms with Crippen molar-refractivity contribution in [3.05, 3.63) is 0 Å². The average molecular weight is 441 g/mol. The van der Waals surface area contributed by atoms with E-state index in [1.807, 2.05) is 27.7 Å². The van der Waals surface area contributed by atoms with Gasteiger partial charge in [0.2, 0.25) is 0 Å². The molecule has 1 spiro atoms. The third kappa shape index (κ3) is 4.71. The monoisotopic (exact) mass is 440 g/mol. The summed E-state index contributed by atoms with van der Waals surface area (Å²) in [6.07, 6.45) is 7.26. The summed E-state index contributed by atoms with van der Waals surface area (Å²) in [4.78, 5) is 0. The fourth-order valence-electron chi connectivity index (χ4n) is 5.77. The zero-order chi connectivity index (χ0) is 22.3. The van der Waals surface area contributed by atoms with Gasteiger partial charge in [-0.1, -0.05) is 27.7 Å². The summed E-state index contributed by atoms with van der Waals surface area (Å²) in [5.74, 6) is 0.910. The second-order valence-electron chi connectivity index (χ2n) is 10.4. The molecular weight excluding hydrogens is 396 g/mol. The number of ether oxygens (including phenoxy) is 6. The quantitative estimate of drug-likeness (QED) is 0.581. The Morgan fingerprint density at radius 2 is 0.935 bits per heavy atom. The molecule has 6 atom stereocenters. The molecule has 0 aromatic carbocycles. The van der Waals surface area contributed by atoms with Crippen LogP contribution in [-0.2, 0) is 28.4 Å². The van der Waals surface area contributed by atoms with Crippen LogP contribution in [0.15, 0.2) is 0 Å². The first-order valence-electron chi connectivity index (χ1n) is 12.8. The molecule has 6 heteroatoms. The Balaban J connectivity index is 0.000000549. The van der Waals surface area contributed by atoms with Crippen molar-refractivity contribution in [1.29, 1.82) is 0 Å². The van der Waals surface area contributed by atoms with Crippen LogP contribution in [-0.4, -0.2) is 62.4 Å². The van der Waals surface area contributed by atoms with Gasteiger partial charge >= 0.3 is 0 Å². The molecule has 31 heavy (non-hydrogen) atoms. The van der Waals surface area contributed by atoms with Crippen LogP contribution in [0.3, 0.4) is 0 Å². The van der Waals surface area contributed by atoms with Crippen LogP contribution in [0, 0.1) is 17.3 Å². The lowest BCUT2D eigenvalue weighted by atomic mass is 9.81. The Labute approximate surface area is 188 Å². The normalized spacial score (nSPS) is 52.5. The highest BCUT2D eigenvalue weighted by molar-refractivity contribution is 5.05. The minimum atomic E-state index is -0.147. The topological polar surface area (TPSA) is 62.0 Å². The third-order valence-corrected chi connectivity index (χ3v) is 8.11. The maximum Gasteiger partial charge on any atom is 0.160 e. The summed E-state index contributed by atoms with van der Waals surface area (Å²) in [6.45, 7) is 15.1. The number of epoxide rings is 2. The van der Waals surface area contributed by atoms with Crippen molar-refractivity contribution in [2.24, 2.45) is 17.3 Å². The van der Waals surface area contributed by atoms with E-state index >= 15 is 0 Å². The highest BCUT2D eigenvalue weighted by Gasteiger charge is 2.58. The molecule has 4 heterocycles. The van der Waals surface area contributed by atoms with E-state index in [4.69, 9.17) is 28.4 Å². The average Bonchev–Trinajstić information content (AvgIpc) is 3.69. The van der Waals surface area contributed by atoms with Crippen LogP contribution in [0.25, 0.3) is 0 Å². The van der Waals surface area contributed by atoms with Crippen molar-refractivity contribution in [1.82, 2.24) is 0 Å². The molecule has 6 unspecified atom stereocenters. The third-order valence-electron chi connectivity index (χ3n) is 8.11. The van der Waals surface area contributed by atoms with Crippen LogP contribution in [0.1, 0.15) is 80.1 Å². The molecule has 0 amide bonds. The summed E-state index contributed by atoms with van der Waals surface area (Å²) >= 11 is 0. The van der Waals surface area contributed by atoms with Gasteiger partial charge in [0.1, 0.15) is 0 Å². The Morgan fingerprint density at radius 3 is 1.26 bits per heavy atom. The lowest BCUT2D eigenvalue weighted by Crippen LogP contribution is -2.54. The van der Waals surface area contributed by atoms with Crippen molar-refractivity contribution in [3.63, 3.8) is 0 Å². The van der Waals surface area contributed by atoms with Crippen molar-refractivity contribution in [2.45, 2.75) is 116 Å². The highest BCUT2D eigenvalue weighted by atomic mass is 16.7. The maximum absolute atomic E-state index is 6.17. The lowest BCUT2D eigenvalue weighted by molar-refractivity contribution is -0.321. The smallest absolute Gasteiger partial charge is 0.160 e. The first-order chi connectivity index (χ1) is 15.0. The van der Waals surface area contributed by atoms with E-state index in [-0.39, 0.29) is 29.2 Å². The molecule has 6 aliphatic rings. The largest absolute Gasteiger partial charge is 0.366 e. The standard InChI is InChI=1S/C21H32O6.2C2H6/c1-19-5-3-13(7-15(19)26-19)17-22-9-21(10-23-17)11-24-18(25-12-21)14-4-6-20(2)16(8-14)27-20;2*1-2/h13-18H,3-12H2,1-2H3;2*1-2H3. The van der Waals surface area contributed by atoms with E-state index in [1.165, 1.54) is 0 Å². The molecule has 0 radical (unpaired) electrons. The Morgan fingerprint density at radius 1 is 0.581 bits per heavy atom. The molecule has 180 valence electrons. The minimum Gasteiger partial charge on any atom is -0.366 e. The summed E-state index contributed by atoms with van der Waals surface area (Å²) in [5.41, 5.74) is 0.147. The number of hydrogen-bond donors (Lipinski definition) is 0. The van der Waals surface area contributed by atoms with Crippen molar-refractivity contribution in [2.75, 3.05) is 26.4 Å². The van der Waals surface area contributed by atoms with Crippen molar-refractivity contribution < 1.29 is 28.4 Å². The van der Waals surface area contributed by atoms with E-state index in [0.717, 1.165) is 38.5 Å². The molecule has 6 fully saturated rings. The SMILES string of the molecule is CC.CC.CC12CCC(C3OCC4(CO3)COC(C3CCC5(C)OC5C3)OC4)CC1O2. The highest BCUT2D eigenvalue weighted by Crippen LogP contribution is 2.52. The second-order valence-corrected chi connectivity index (χ2v) is 10.4. The van der Waals surface area contributed by atoms with Gasteiger partial charge < -0.3 is 28.4 Å². The zero-order valence-electron chi connectivity index (χ0n) is 20.5. The molecule has 0 aromatic heterocycles. The van der Waals surface area contributed by atoms with Gasteiger partial charge in [-0.3, -0.25) is 0 Å². The Hall–Kier alpha value is -0.240. The van der Waals surface area contributed by atoms with Gasteiger partial charge in [0.25, 0.3) is 0 Å². The fraction of sp³-hybridized carbons (Fsp3) is 1.00. The van der Waals surface area contributed by atoms with Gasteiger partial charge in [0.05, 0.1) is 55.3 Å². The Bertz CT molecular complexity index is 541. The van der Waals surface area contributed by atoms with Crippen LogP contribution in [0.4, 0.5) is 0 Å².